The zero-order valence-corrected chi connectivity index (χ0v) is 9.16. The third-order valence-corrected chi connectivity index (χ3v) is 2.51. The van der Waals surface area contributed by atoms with E-state index in [-0.39, 0.29) is 11.4 Å². The smallest absolute Gasteiger partial charge is 0.233 e. The van der Waals surface area contributed by atoms with Crippen molar-refractivity contribution < 1.29 is 8.78 Å². The van der Waals surface area contributed by atoms with Crippen molar-refractivity contribution in [2.75, 3.05) is 0 Å². The lowest BCUT2D eigenvalue weighted by molar-refractivity contribution is 0.554. The quantitative estimate of drug-likeness (QED) is 0.695. The molecule has 0 aliphatic carbocycles. The van der Waals surface area contributed by atoms with Crippen LogP contribution in [0.1, 0.15) is 0 Å². The first-order valence-corrected chi connectivity index (χ1v) is 5.26. The molecule has 0 atom stereocenters. The monoisotopic (exact) mass is 246 g/mol. The van der Waals surface area contributed by atoms with Gasteiger partial charge in [-0.1, -0.05) is 6.07 Å². The Balaban J connectivity index is 2.15. The highest BCUT2D eigenvalue weighted by Crippen LogP contribution is 2.19. The minimum atomic E-state index is -0.654. The Morgan fingerprint density at radius 3 is 2.28 bits per heavy atom. The van der Waals surface area contributed by atoms with Gasteiger partial charge >= 0.3 is 0 Å². The molecule has 0 spiro atoms. The van der Waals surface area contributed by atoms with E-state index in [4.69, 9.17) is 0 Å². The molecular formula is C12H8F2N4. The molecule has 0 aliphatic rings. The standard InChI is InChI=1S/C12H8F2N4/c13-11-5-8-18(16-11)10-4-1-3-9(12(10)14)17-7-2-6-15-17/h1-8H. The maximum atomic E-state index is 14.3. The zero-order chi connectivity index (χ0) is 12.5. The van der Waals surface area contributed by atoms with Crippen molar-refractivity contribution in [1.29, 1.82) is 0 Å². The lowest BCUT2D eigenvalue weighted by Gasteiger charge is -2.08. The van der Waals surface area contributed by atoms with E-state index in [2.05, 4.69) is 10.2 Å². The van der Waals surface area contributed by atoms with E-state index >= 15 is 0 Å². The van der Waals surface area contributed by atoms with Gasteiger partial charge in [-0.15, -0.1) is 5.10 Å². The summed E-state index contributed by atoms with van der Waals surface area (Å²) in [5.41, 5.74) is 0.459. The molecule has 6 heteroatoms. The number of aromatic nitrogens is 4. The molecule has 0 radical (unpaired) electrons. The van der Waals surface area contributed by atoms with Crippen LogP contribution in [0, 0.1) is 11.8 Å². The first-order valence-electron chi connectivity index (χ1n) is 5.26. The van der Waals surface area contributed by atoms with E-state index in [0.29, 0.717) is 0 Å². The molecule has 0 unspecified atom stereocenters. The summed E-state index contributed by atoms with van der Waals surface area (Å²) in [7, 11) is 0. The lowest BCUT2D eigenvalue weighted by Crippen LogP contribution is -2.04. The normalized spacial score (nSPS) is 10.8. The number of halogens is 2. The van der Waals surface area contributed by atoms with E-state index in [9.17, 15) is 8.78 Å². The van der Waals surface area contributed by atoms with Crippen LogP contribution in [0.3, 0.4) is 0 Å². The van der Waals surface area contributed by atoms with Crippen LogP contribution in [0.15, 0.2) is 48.9 Å². The van der Waals surface area contributed by atoms with Crippen LogP contribution in [0.2, 0.25) is 0 Å². The molecule has 0 N–H and O–H groups in total. The van der Waals surface area contributed by atoms with Crippen LogP contribution in [-0.2, 0) is 0 Å². The van der Waals surface area contributed by atoms with Gasteiger partial charge in [0.25, 0.3) is 0 Å². The molecule has 0 fully saturated rings. The second kappa shape index (κ2) is 4.06. The Hall–Kier alpha value is -2.50. The highest BCUT2D eigenvalue weighted by molar-refractivity contribution is 5.44. The van der Waals surface area contributed by atoms with Gasteiger partial charge in [0.2, 0.25) is 5.95 Å². The van der Waals surface area contributed by atoms with E-state index in [1.54, 1.807) is 30.6 Å². The minimum absolute atomic E-state index is 0.173. The average Bonchev–Trinajstić information content (AvgIpc) is 3.00. The van der Waals surface area contributed by atoms with E-state index in [1.165, 1.54) is 23.0 Å². The number of rotatable bonds is 2. The molecule has 0 saturated carbocycles. The van der Waals surface area contributed by atoms with Crippen molar-refractivity contribution in [2.24, 2.45) is 0 Å². The van der Waals surface area contributed by atoms with Crippen LogP contribution < -0.4 is 0 Å². The van der Waals surface area contributed by atoms with Gasteiger partial charge in [-0.05, 0) is 18.2 Å². The van der Waals surface area contributed by atoms with Crippen LogP contribution in [0.4, 0.5) is 8.78 Å². The van der Waals surface area contributed by atoms with Crippen LogP contribution >= 0.6 is 0 Å². The minimum Gasteiger partial charge on any atom is -0.238 e. The lowest BCUT2D eigenvalue weighted by atomic mass is 10.2. The Morgan fingerprint density at radius 2 is 1.67 bits per heavy atom. The third kappa shape index (κ3) is 1.67. The zero-order valence-electron chi connectivity index (χ0n) is 9.16. The van der Waals surface area contributed by atoms with Gasteiger partial charge in [0.1, 0.15) is 11.4 Å². The Kier molecular flexibility index (Phi) is 2.40. The second-order valence-corrected chi connectivity index (χ2v) is 3.64. The van der Waals surface area contributed by atoms with Crippen LogP contribution in [-0.4, -0.2) is 19.6 Å². The first kappa shape index (κ1) is 10.6. The van der Waals surface area contributed by atoms with Gasteiger partial charge in [0.15, 0.2) is 5.82 Å². The average molecular weight is 246 g/mol. The van der Waals surface area contributed by atoms with Crippen molar-refractivity contribution in [3.05, 3.63) is 60.7 Å². The summed E-state index contributed by atoms with van der Waals surface area (Å²) in [4.78, 5) is 0. The fraction of sp³-hybridized carbons (Fsp3) is 0. The number of hydrogen-bond donors (Lipinski definition) is 0. The molecule has 4 nitrogen and oxygen atoms in total. The van der Waals surface area contributed by atoms with Crippen LogP contribution in [0.5, 0.6) is 0 Å². The van der Waals surface area contributed by atoms with Gasteiger partial charge in [-0.2, -0.15) is 9.49 Å². The SMILES string of the molecule is Fc1ccn(-c2cccc(-n3cccn3)c2F)n1. The molecule has 0 aliphatic heterocycles. The molecule has 18 heavy (non-hydrogen) atoms. The summed E-state index contributed by atoms with van der Waals surface area (Å²) in [5.74, 6) is -1.16. The van der Waals surface area contributed by atoms with Crippen LogP contribution in [0.25, 0.3) is 11.4 Å². The molecule has 0 saturated heterocycles. The van der Waals surface area contributed by atoms with Gasteiger partial charge in [-0.25, -0.2) is 13.8 Å². The summed E-state index contributed by atoms with van der Waals surface area (Å²) in [6.07, 6.45) is 4.55. The van der Waals surface area contributed by atoms with E-state index in [0.717, 1.165) is 4.68 Å². The predicted molar refractivity (Wildman–Crippen MR) is 60.6 cm³/mol. The summed E-state index contributed by atoms with van der Waals surface area (Å²) in [6.45, 7) is 0. The van der Waals surface area contributed by atoms with Gasteiger partial charge < -0.3 is 0 Å². The molecule has 2 aromatic heterocycles. The summed E-state index contributed by atoms with van der Waals surface area (Å²) < 4.78 is 29.7. The number of benzene rings is 1. The van der Waals surface area contributed by atoms with E-state index < -0.39 is 11.8 Å². The highest BCUT2D eigenvalue weighted by atomic mass is 19.1. The van der Waals surface area contributed by atoms with Crippen molar-refractivity contribution >= 4 is 0 Å². The number of hydrogen-bond acceptors (Lipinski definition) is 2. The third-order valence-electron chi connectivity index (χ3n) is 2.51. The highest BCUT2D eigenvalue weighted by Gasteiger charge is 2.12. The van der Waals surface area contributed by atoms with Crippen molar-refractivity contribution in [3.8, 4) is 11.4 Å². The molecule has 0 amide bonds. The molecule has 1 aromatic carbocycles. The van der Waals surface area contributed by atoms with Gasteiger partial charge in [-0.3, -0.25) is 0 Å². The predicted octanol–water partition coefficient (Wildman–Crippen LogP) is 2.34. The molecule has 90 valence electrons. The Bertz CT molecular complexity index is 673. The maximum Gasteiger partial charge on any atom is 0.233 e. The topological polar surface area (TPSA) is 35.6 Å². The first-order chi connectivity index (χ1) is 8.75. The maximum absolute atomic E-state index is 14.3. The van der Waals surface area contributed by atoms with Crippen molar-refractivity contribution in [3.63, 3.8) is 0 Å². The van der Waals surface area contributed by atoms with Gasteiger partial charge in [0, 0.05) is 24.7 Å². The fourth-order valence-electron chi connectivity index (χ4n) is 1.71. The molecule has 0 bridgehead atoms. The fourth-order valence-corrected chi connectivity index (χ4v) is 1.71. The van der Waals surface area contributed by atoms with E-state index in [1.807, 2.05) is 0 Å². The van der Waals surface area contributed by atoms with Crippen molar-refractivity contribution in [2.45, 2.75) is 0 Å². The Morgan fingerprint density at radius 1 is 0.889 bits per heavy atom. The second-order valence-electron chi connectivity index (χ2n) is 3.64. The Labute approximate surface area is 101 Å². The summed E-state index contributed by atoms with van der Waals surface area (Å²) in [5, 5.41) is 7.50. The van der Waals surface area contributed by atoms with Gasteiger partial charge in [0.05, 0.1) is 0 Å². The number of nitrogens with zero attached hydrogens (tertiary/aromatic N) is 4. The molecular weight excluding hydrogens is 238 g/mol. The summed E-state index contributed by atoms with van der Waals surface area (Å²) >= 11 is 0. The molecule has 3 aromatic rings. The largest absolute Gasteiger partial charge is 0.238 e. The summed E-state index contributed by atoms with van der Waals surface area (Å²) in [6, 6.07) is 7.63. The van der Waals surface area contributed by atoms with Crippen molar-refractivity contribution in [1.82, 2.24) is 19.6 Å². The molecule has 2 heterocycles. The molecule has 3 rings (SSSR count).